The molecule has 0 radical (unpaired) electrons. The Hall–Kier alpha value is -1.57. The minimum absolute atomic E-state index is 0.0716. The molecule has 2 aliphatic heterocycles. The van der Waals surface area contributed by atoms with Crippen LogP contribution < -0.4 is 11.1 Å². The van der Waals surface area contributed by atoms with Gasteiger partial charge in [0, 0.05) is 48.4 Å². The second-order valence-corrected chi connectivity index (χ2v) is 14.3. The van der Waals surface area contributed by atoms with Gasteiger partial charge in [-0.1, -0.05) is 50.7 Å². The molecule has 3 saturated carbocycles. The standard InChI is InChI=1S/C32H48N4O2S/c33-31(15-7-16-31)30(38)36-20-18-35(19-21-36)29(37)25-12-10-24(11-13-25)26-14-17-32(28(22-26)39-23-34-32)27-8-5-3-1-2-4-6-9-27/h10-13,26-28,34H,1-9,14-23,33H2. The van der Waals surface area contributed by atoms with E-state index in [-0.39, 0.29) is 11.8 Å². The summed E-state index contributed by atoms with van der Waals surface area (Å²) in [4.78, 5) is 29.8. The van der Waals surface area contributed by atoms with Crippen molar-refractivity contribution in [2.45, 2.75) is 112 Å². The molecule has 3 N–H and O–H groups in total. The van der Waals surface area contributed by atoms with Gasteiger partial charge in [-0.15, -0.1) is 11.8 Å². The quantitative estimate of drug-likeness (QED) is 0.532. The zero-order valence-corrected chi connectivity index (χ0v) is 24.5. The Bertz CT molecular complexity index is 1010. The highest BCUT2D eigenvalue weighted by molar-refractivity contribution is 8.00. The van der Waals surface area contributed by atoms with E-state index in [2.05, 4.69) is 29.2 Å². The average molecular weight is 553 g/mol. The molecule has 7 heteroatoms. The molecule has 6 nitrogen and oxygen atoms in total. The molecule has 3 unspecified atom stereocenters. The van der Waals surface area contributed by atoms with Gasteiger partial charge in [-0.3, -0.25) is 9.59 Å². The smallest absolute Gasteiger partial charge is 0.253 e. The Kier molecular flexibility index (Phi) is 8.30. The first kappa shape index (κ1) is 27.6. The van der Waals surface area contributed by atoms with Crippen molar-refractivity contribution >= 4 is 23.6 Å². The molecule has 2 heterocycles. The maximum absolute atomic E-state index is 13.3. The summed E-state index contributed by atoms with van der Waals surface area (Å²) in [6.45, 7) is 2.33. The number of nitrogens with one attached hydrogen (secondary N) is 1. The molecule has 0 spiro atoms. The Morgan fingerprint density at radius 1 is 0.821 bits per heavy atom. The first-order chi connectivity index (χ1) is 19.0. The number of thioether (sulfide) groups is 1. The van der Waals surface area contributed by atoms with Gasteiger partial charge < -0.3 is 20.9 Å². The van der Waals surface area contributed by atoms with Crippen molar-refractivity contribution in [3.63, 3.8) is 0 Å². The van der Waals surface area contributed by atoms with Crippen molar-refractivity contribution in [1.29, 1.82) is 0 Å². The highest BCUT2D eigenvalue weighted by Crippen LogP contribution is 2.52. The SMILES string of the molecule is NC1(C(=O)N2CCN(C(=O)c3ccc(C4CCC5(C6CCCCCCCC6)NCSC5C4)cc3)CC2)CCC1. The third-order valence-corrected chi connectivity index (χ3v) is 12.2. The normalized spacial score (nSPS) is 31.9. The minimum Gasteiger partial charge on any atom is -0.338 e. The molecule has 3 atom stereocenters. The molecule has 5 aliphatic rings. The van der Waals surface area contributed by atoms with E-state index in [4.69, 9.17) is 5.73 Å². The molecule has 5 fully saturated rings. The van der Waals surface area contributed by atoms with Gasteiger partial charge in [-0.25, -0.2) is 0 Å². The van der Waals surface area contributed by atoms with Crippen LogP contribution in [-0.4, -0.2) is 70.0 Å². The average Bonchev–Trinajstić information content (AvgIpc) is 3.44. The predicted molar refractivity (Wildman–Crippen MR) is 159 cm³/mol. The third-order valence-electron chi connectivity index (χ3n) is 10.9. The van der Waals surface area contributed by atoms with Gasteiger partial charge >= 0.3 is 0 Å². The van der Waals surface area contributed by atoms with Crippen LogP contribution in [0, 0.1) is 5.92 Å². The molecule has 1 aromatic rings. The van der Waals surface area contributed by atoms with Crippen molar-refractivity contribution in [2.24, 2.45) is 11.7 Å². The largest absolute Gasteiger partial charge is 0.338 e. The Morgan fingerprint density at radius 2 is 1.46 bits per heavy atom. The lowest BCUT2D eigenvalue weighted by Gasteiger charge is -2.47. The number of carbonyl (C=O) groups excluding carboxylic acids is 2. The summed E-state index contributed by atoms with van der Waals surface area (Å²) < 4.78 is 0. The zero-order chi connectivity index (χ0) is 26.9. The van der Waals surface area contributed by atoms with Crippen LogP contribution >= 0.6 is 11.8 Å². The topological polar surface area (TPSA) is 78.7 Å². The lowest BCUT2D eigenvalue weighted by atomic mass is 9.65. The van der Waals surface area contributed by atoms with Gasteiger partial charge in [0.05, 0.1) is 5.54 Å². The molecule has 39 heavy (non-hydrogen) atoms. The van der Waals surface area contributed by atoms with E-state index >= 15 is 0 Å². The molecule has 6 rings (SSSR count). The van der Waals surface area contributed by atoms with E-state index in [1.807, 2.05) is 21.9 Å². The van der Waals surface area contributed by atoms with Crippen LogP contribution in [0.1, 0.15) is 112 Å². The van der Waals surface area contributed by atoms with Crippen LogP contribution in [0.3, 0.4) is 0 Å². The summed E-state index contributed by atoms with van der Waals surface area (Å²) in [7, 11) is 0. The van der Waals surface area contributed by atoms with Crippen LogP contribution in [0.4, 0.5) is 0 Å². The van der Waals surface area contributed by atoms with E-state index in [0.29, 0.717) is 42.9 Å². The number of fused-ring (bicyclic) bond motifs is 1. The molecule has 0 aromatic heterocycles. The first-order valence-electron chi connectivity index (χ1n) is 15.8. The van der Waals surface area contributed by atoms with E-state index in [9.17, 15) is 9.59 Å². The second kappa shape index (κ2) is 11.7. The fourth-order valence-electron chi connectivity index (χ4n) is 8.20. The van der Waals surface area contributed by atoms with Crippen LogP contribution in [0.25, 0.3) is 0 Å². The lowest BCUT2D eigenvalue weighted by Crippen LogP contribution is -2.62. The molecule has 1 aromatic carbocycles. The number of hydrogen-bond donors (Lipinski definition) is 2. The summed E-state index contributed by atoms with van der Waals surface area (Å²) in [5, 5.41) is 4.75. The van der Waals surface area contributed by atoms with E-state index in [1.54, 1.807) is 0 Å². The van der Waals surface area contributed by atoms with Gasteiger partial charge in [0.2, 0.25) is 5.91 Å². The number of nitrogens with zero attached hydrogens (tertiary/aromatic N) is 2. The van der Waals surface area contributed by atoms with Crippen molar-refractivity contribution in [3.8, 4) is 0 Å². The van der Waals surface area contributed by atoms with Crippen molar-refractivity contribution in [2.75, 3.05) is 32.1 Å². The van der Waals surface area contributed by atoms with Crippen molar-refractivity contribution in [1.82, 2.24) is 15.1 Å². The van der Waals surface area contributed by atoms with Gasteiger partial charge in [0.25, 0.3) is 5.91 Å². The summed E-state index contributed by atoms with van der Waals surface area (Å²) in [6, 6.07) is 8.51. The number of benzene rings is 1. The summed E-state index contributed by atoms with van der Waals surface area (Å²) in [6.07, 6.45) is 17.7. The summed E-state index contributed by atoms with van der Waals surface area (Å²) >= 11 is 2.16. The molecule has 214 valence electrons. The number of carbonyl (C=O) groups is 2. The predicted octanol–water partition coefficient (Wildman–Crippen LogP) is 5.27. The van der Waals surface area contributed by atoms with Crippen molar-refractivity contribution < 1.29 is 9.59 Å². The maximum Gasteiger partial charge on any atom is 0.253 e. The molecule has 2 amide bonds. The first-order valence-corrected chi connectivity index (χ1v) is 16.9. The van der Waals surface area contributed by atoms with Crippen LogP contribution in [-0.2, 0) is 4.79 Å². The molecule has 3 aliphatic carbocycles. The van der Waals surface area contributed by atoms with E-state index in [0.717, 1.165) is 36.6 Å². The molecular weight excluding hydrogens is 504 g/mol. The van der Waals surface area contributed by atoms with E-state index in [1.165, 1.54) is 76.2 Å². The molecule has 2 saturated heterocycles. The van der Waals surface area contributed by atoms with Gasteiger partial charge in [-0.05, 0) is 80.9 Å². The van der Waals surface area contributed by atoms with Gasteiger partial charge in [0.1, 0.15) is 0 Å². The van der Waals surface area contributed by atoms with Crippen LogP contribution in [0.2, 0.25) is 0 Å². The number of nitrogens with two attached hydrogens (primary N) is 1. The summed E-state index contributed by atoms with van der Waals surface area (Å²) in [5.74, 6) is 2.67. The van der Waals surface area contributed by atoms with E-state index < -0.39 is 5.54 Å². The Labute approximate surface area is 239 Å². The number of hydrogen-bond acceptors (Lipinski definition) is 5. The van der Waals surface area contributed by atoms with Gasteiger partial charge in [-0.2, -0.15) is 0 Å². The van der Waals surface area contributed by atoms with Crippen molar-refractivity contribution in [3.05, 3.63) is 35.4 Å². The highest BCUT2D eigenvalue weighted by Gasteiger charge is 2.51. The van der Waals surface area contributed by atoms with Crippen LogP contribution in [0.5, 0.6) is 0 Å². The maximum atomic E-state index is 13.3. The minimum atomic E-state index is -0.650. The number of piperazine rings is 1. The van der Waals surface area contributed by atoms with Gasteiger partial charge in [0.15, 0.2) is 0 Å². The number of amides is 2. The lowest BCUT2D eigenvalue weighted by molar-refractivity contribution is -0.141. The number of rotatable bonds is 4. The fraction of sp³-hybridized carbons (Fsp3) is 0.750. The fourth-order valence-corrected chi connectivity index (χ4v) is 9.81. The zero-order valence-electron chi connectivity index (χ0n) is 23.7. The Morgan fingerprint density at radius 3 is 2.10 bits per heavy atom. The monoisotopic (exact) mass is 552 g/mol. The summed E-state index contributed by atoms with van der Waals surface area (Å²) in [5.41, 5.74) is 8.10. The molecule has 0 bridgehead atoms. The second-order valence-electron chi connectivity index (χ2n) is 13.1. The third kappa shape index (κ3) is 5.52. The Balaban J connectivity index is 1.05. The van der Waals surface area contributed by atoms with Crippen LogP contribution in [0.15, 0.2) is 24.3 Å². The molecular formula is C32H48N4O2S. The highest BCUT2D eigenvalue weighted by atomic mass is 32.2.